The summed E-state index contributed by atoms with van der Waals surface area (Å²) in [6.07, 6.45) is 2.64. The maximum absolute atomic E-state index is 13.2. The minimum absolute atomic E-state index is 0.244. The van der Waals surface area contributed by atoms with E-state index in [0.717, 1.165) is 6.07 Å². The monoisotopic (exact) mass is 256 g/mol. The molecule has 0 spiro atoms. The molecule has 8 heteroatoms. The molecule has 0 amide bonds. The van der Waals surface area contributed by atoms with Crippen LogP contribution in [-0.2, 0) is 10.0 Å². The highest BCUT2D eigenvalue weighted by molar-refractivity contribution is 7.92. The van der Waals surface area contributed by atoms with Crippen LogP contribution in [0.3, 0.4) is 0 Å². The molecule has 4 N–H and O–H groups in total. The fourth-order valence-electron chi connectivity index (χ4n) is 1.27. The highest BCUT2D eigenvalue weighted by Gasteiger charge is 2.19. The van der Waals surface area contributed by atoms with Gasteiger partial charge in [-0.05, 0) is 12.1 Å². The molecule has 0 unspecified atom stereocenters. The number of aromatic nitrogens is 2. The molecule has 1 aromatic carbocycles. The van der Waals surface area contributed by atoms with E-state index in [1.54, 1.807) is 0 Å². The molecular weight excluding hydrogens is 247 g/mol. The lowest BCUT2D eigenvalue weighted by atomic mass is 10.3. The summed E-state index contributed by atoms with van der Waals surface area (Å²) in [5.74, 6) is -0.778. The van der Waals surface area contributed by atoms with E-state index in [4.69, 9.17) is 5.73 Å². The molecule has 0 bridgehead atoms. The maximum Gasteiger partial charge on any atom is 0.264 e. The van der Waals surface area contributed by atoms with Gasteiger partial charge in [-0.3, -0.25) is 9.82 Å². The summed E-state index contributed by atoms with van der Waals surface area (Å²) >= 11 is 0. The Morgan fingerprint density at radius 3 is 2.82 bits per heavy atom. The second kappa shape index (κ2) is 4.06. The van der Waals surface area contributed by atoms with E-state index in [-0.39, 0.29) is 10.6 Å². The van der Waals surface area contributed by atoms with Crippen molar-refractivity contribution in [3.05, 3.63) is 36.4 Å². The van der Waals surface area contributed by atoms with Gasteiger partial charge in [-0.2, -0.15) is 5.10 Å². The minimum atomic E-state index is -3.91. The number of sulfonamides is 1. The third kappa shape index (κ3) is 2.21. The molecule has 0 radical (unpaired) electrons. The lowest BCUT2D eigenvalue weighted by molar-refractivity contribution is 0.597. The summed E-state index contributed by atoms with van der Waals surface area (Å²) in [6.45, 7) is 0. The van der Waals surface area contributed by atoms with Crippen molar-refractivity contribution >= 4 is 21.4 Å². The largest absolute Gasteiger partial charge is 0.395 e. The van der Waals surface area contributed by atoms with Gasteiger partial charge in [0.05, 0.1) is 17.6 Å². The second-order valence-corrected chi connectivity index (χ2v) is 4.89. The molecule has 0 aliphatic carbocycles. The van der Waals surface area contributed by atoms with E-state index in [2.05, 4.69) is 14.9 Å². The third-order valence-corrected chi connectivity index (χ3v) is 3.49. The summed E-state index contributed by atoms with van der Waals surface area (Å²) in [5, 5.41) is 6.03. The molecule has 1 aromatic heterocycles. The number of nitrogens with zero attached hydrogens (tertiary/aromatic N) is 1. The molecule has 2 aromatic rings. The summed E-state index contributed by atoms with van der Waals surface area (Å²) in [4.78, 5) is -0.307. The van der Waals surface area contributed by atoms with Crippen molar-refractivity contribution < 1.29 is 12.8 Å². The third-order valence-electron chi connectivity index (χ3n) is 2.05. The fourth-order valence-corrected chi connectivity index (χ4v) is 2.45. The number of nitrogens with two attached hydrogens (primary N) is 1. The van der Waals surface area contributed by atoms with E-state index in [0.29, 0.717) is 0 Å². The zero-order valence-corrected chi connectivity index (χ0v) is 9.33. The number of hydrogen-bond acceptors (Lipinski definition) is 4. The topological polar surface area (TPSA) is 101 Å². The first-order chi connectivity index (χ1) is 8.00. The van der Waals surface area contributed by atoms with Crippen molar-refractivity contribution in [2.24, 2.45) is 0 Å². The van der Waals surface area contributed by atoms with Crippen LogP contribution in [0.4, 0.5) is 15.8 Å². The predicted octanol–water partition coefficient (Wildman–Crippen LogP) is 0.932. The Morgan fingerprint density at radius 2 is 2.18 bits per heavy atom. The Hall–Kier alpha value is -2.09. The van der Waals surface area contributed by atoms with Crippen molar-refractivity contribution in [3.8, 4) is 0 Å². The molecule has 6 nitrogen and oxygen atoms in total. The Balaban J connectivity index is 2.42. The quantitative estimate of drug-likeness (QED) is 0.711. The first-order valence-electron chi connectivity index (χ1n) is 4.56. The summed E-state index contributed by atoms with van der Waals surface area (Å²) in [6, 6.07) is 3.59. The average molecular weight is 256 g/mol. The Labute approximate surface area is 96.7 Å². The molecule has 0 atom stereocenters. The van der Waals surface area contributed by atoms with Crippen LogP contribution < -0.4 is 10.5 Å². The van der Waals surface area contributed by atoms with Crippen molar-refractivity contribution in [1.82, 2.24) is 10.2 Å². The van der Waals surface area contributed by atoms with Crippen LogP contribution in [0, 0.1) is 5.82 Å². The van der Waals surface area contributed by atoms with Crippen molar-refractivity contribution in [3.63, 3.8) is 0 Å². The van der Waals surface area contributed by atoms with Crippen LogP contribution in [0.25, 0.3) is 0 Å². The zero-order valence-electron chi connectivity index (χ0n) is 8.51. The van der Waals surface area contributed by atoms with Crippen LogP contribution in [-0.4, -0.2) is 18.6 Å². The fraction of sp³-hybridized carbons (Fsp3) is 0. The number of aromatic amines is 1. The number of benzene rings is 1. The Bertz CT molecular complexity index is 624. The summed E-state index contributed by atoms with van der Waals surface area (Å²) < 4.78 is 39.1. The second-order valence-electron chi connectivity index (χ2n) is 3.24. The molecule has 0 aliphatic heterocycles. The highest BCUT2D eigenvalue weighted by Crippen LogP contribution is 2.23. The molecular formula is C9H9FN4O2S. The number of rotatable bonds is 3. The van der Waals surface area contributed by atoms with Crippen molar-refractivity contribution in [1.29, 1.82) is 0 Å². The SMILES string of the molecule is Nc1c(F)cccc1S(=O)(=O)Nc1cn[nH]c1. The van der Waals surface area contributed by atoms with Gasteiger partial charge in [0.1, 0.15) is 10.7 Å². The van der Waals surface area contributed by atoms with Gasteiger partial charge in [0.25, 0.3) is 10.0 Å². The van der Waals surface area contributed by atoms with Gasteiger partial charge in [-0.1, -0.05) is 6.07 Å². The Morgan fingerprint density at radius 1 is 1.41 bits per heavy atom. The van der Waals surface area contributed by atoms with E-state index in [9.17, 15) is 12.8 Å². The first-order valence-corrected chi connectivity index (χ1v) is 6.04. The number of nitrogens with one attached hydrogen (secondary N) is 2. The van der Waals surface area contributed by atoms with E-state index < -0.39 is 21.5 Å². The number of H-pyrrole nitrogens is 1. The van der Waals surface area contributed by atoms with Gasteiger partial charge >= 0.3 is 0 Å². The Kier molecular flexibility index (Phi) is 2.72. The summed E-state index contributed by atoms with van der Waals surface area (Å²) in [5.41, 5.74) is 5.21. The molecule has 90 valence electrons. The number of nitrogen functional groups attached to an aromatic ring is 1. The van der Waals surface area contributed by atoms with Crippen LogP contribution in [0.2, 0.25) is 0 Å². The van der Waals surface area contributed by atoms with Gasteiger partial charge in [0.15, 0.2) is 0 Å². The zero-order chi connectivity index (χ0) is 12.5. The number of halogens is 1. The van der Waals surface area contributed by atoms with Gasteiger partial charge in [0, 0.05) is 6.20 Å². The van der Waals surface area contributed by atoms with Crippen LogP contribution in [0.1, 0.15) is 0 Å². The molecule has 0 fully saturated rings. The standard InChI is InChI=1S/C9H9FN4O2S/c10-7-2-1-3-8(9(7)11)17(15,16)14-6-4-12-13-5-6/h1-5,14H,11H2,(H,12,13). The van der Waals surface area contributed by atoms with Crippen LogP contribution in [0.15, 0.2) is 35.5 Å². The van der Waals surface area contributed by atoms with E-state index in [1.807, 2.05) is 0 Å². The van der Waals surface area contributed by atoms with Gasteiger partial charge < -0.3 is 5.73 Å². The van der Waals surface area contributed by atoms with Gasteiger partial charge in [-0.15, -0.1) is 0 Å². The molecule has 0 saturated carbocycles. The lowest BCUT2D eigenvalue weighted by Gasteiger charge is -2.08. The highest BCUT2D eigenvalue weighted by atomic mass is 32.2. The molecule has 0 aliphatic rings. The van der Waals surface area contributed by atoms with Crippen molar-refractivity contribution in [2.45, 2.75) is 4.90 Å². The maximum atomic E-state index is 13.2. The normalized spacial score (nSPS) is 11.4. The minimum Gasteiger partial charge on any atom is -0.395 e. The van der Waals surface area contributed by atoms with Crippen molar-refractivity contribution in [2.75, 3.05) is 10.5 Å². The number of para-hydroxylation sites is 1. The first kappa shape index (κ1) is 11.4. The van der Waals surface area contributed by atoms with Crippen LogP contribution >= 0.6 is 0 Å². The van der Waals surface area contributed by atoms with E-state index in [1.165, 1.54) is 24.5 Å². The predicted molar refractivity (Wildman–Crippen MR) is 60.2 cm³/mol. The molecule has 1 heterocycles. The van der Waals surface area contributed by atoms with Gasteiger partial charge in [0.2, 0.25) is 0 Å². The summed E-state index contributed by atoms with van der Waals surface area (Å²) in [7, 11) is -3.91. The molecule has 17 heavy (non-hydrogen) atoms. The van der Waals surface area contributed by atoms with Crippen LogP contribution in [0.5, 0.6) is 0 Å². The lowest BCUT2D eigenvalue weighted by Crippen LogP contribution is -2.15. The van der Waals surface area contributed by atoms with Gasteiger partial charge in [-0.25, -0.2) is 12.8 Å². The molecule has 0 saturated heterocycles. The smallest absolute Gasteiger partial charge is 0.264 e. The average Bonchev–Trinajstić information content (AvgIpc) is 2.73. The van der Waals surface area contributed by atoms with E-state index >= 15 is 0 Å². The number of hydrogen-bond donors (Lipinski definition) is 3. The number of anilines is 2. The molecule has 2 rings (SSSR count).